The number of allylic oxidation sites excluding steroid dienone is 2. The fraction of sp³-hybridized carbons (Fsp3) is 0.795. The predicted molar refractivity (Wildman–Crippen MR) is 184 cm³/mol. The van der Waals surface area contributed by atoms with Gasteiger partial charge in [0, 0.05) is 36.3 Å². The number of ether oxygens (including phenoxy) is 6. The second-order valence-corrected chi connectivity index (χ2v) is 16.9. The second kappa shape index (κ2) is 14.0. The third kappa shape index (κ3) is 5.85. The fourth-order valence-corrected chi connectivity index (χ4v) is 11.9. The van der Waals surface area contributed by atoms with E-state index in [1.54, 1.807) is 6.08 Å². The lowest BCUT2D eigenvalue weighted by Gasteiger charge is -2.61. The van der Waals surface area contributed by atoms with Crippen molar-refractivity contribution >= 4 is 11.9 Å². The molecule has 0 aromatic carbocycles. The van der Waals surface area contributed by atoms with Gasteiger partial charge in [0.25, 0.3) is 0 Å². The molecule has 3 unspecified atom stereocenters. The number of fused-ring (bicyclic) bond motifs is 1. The van der Waals surface area contributed by atoms with E-state index in [9.17, 15) is 35.1 Å². The first-order chi connectivity index (χ1) is 25.4. The Bertz CT molecular complexity index is 1550. The molecule has 0 aromatic rings. The first kappa shape index (κ1) is 37.5. The highest BCUT2D eigenvalue weighted by Gasteiger charge is 2.69. The highest BCUT2D eigenvalue weighted by molar-refractivity contribution is 5.89. The van der Waals surface area contributed by atoms with E-state index >= 15 is 0 Å². The minimum absolute atomic E-state index is 0.0341. The number of likely N-dealkylation sites (tertiary alicyclic amines) is 1. The minimum Gasteiger partial charge on any atom is -0.471 e. The third-order valence-corrected chi connectivity index (χ3v) is 14.5. The van der Waals surface area contributed by atoms with E-state index in [-0.39, 0.29) is 41.5 Å². The molecule has 4 aliphatic heterocycles. The Morgan fingerprint density at radius 2 is 1.85 bits per heavy atom. The van der Waals surface area contributed by atoms with Crippen molar-refractivity contribution in [1.29, 1.82) is 0 Å². The van der Waals surface area contributed by atoms with Gasteiger partial charge in [0.05, 0.1) is 44.0 Å². The Kier molecular flexibility index (Phi) is 9.88. The number of aliphatic hydroxyl groups excluding tert-OH is 4. The second-order valence-electron chi connectivity index (χ2n) is 16.9. The van der Waals surface area contributed by atoms with Gasteiger partial charge in [-0.15, -0.1) is 0 Å². The highest BCUT2D eigenvalue weighted by Crippen LogP contribution is 2.72. The SMILES string of the molecule is CC[C@@]1(O)CCC2(CO1)C1CCC3=C4C(CC3)[C@H](C(=O)OC[C@H]3O[C@@H](O[C@@H]5OC=C(C(=O)OC)[C@H]6CC=C(CO)[C@@H]56)[C@H](O)[C@@H](O)[C@@H]3O)C[C@@]42CN(C)C1. The smallest absolute Gasteiger partial charge is 0.337 e. The molecule has 0 radical (unpaired) electrons. The molecule has 53 heavy (non-hydrogen) atoms. The van der Waals surface area contributed by atoms with Gasteiger partial charge in [0.1, 0.15) is 31.0 Å². The lowest BCUT2D eigenvalue weighted by atomic mass is 9.50. The lowest BCUT2D eigenvalue weighted by molar-refractivity contribution is -0.340. The van der Waals surface area contributed by atoms with Gasteiger partial charge in [-0.05, 0) is 75.8 Å². The summed E-state index contributed by atoms with van der Waals surface area (Å²) in [5.41, 5.74) is 3.29. The molecule has 8 aliphatic rings. The van der Waals surface area contributed by atoms with Crippen molar-refractivity contribution < 1.29 is 63.5 Å². The van der Waals surface area contributed by atoms with Gasteiger partial charge in [-0.1, -0.05) is 24.1 Å². The van der Waals surface area contributed by atoms with Gasteiger partial charge in [0.2, 0.25) is 6.29 Å². The fourth-order valence-electron chi connectivity index (χ4n) is 11.9. The maximum atomic E-state index is 14.2. The van der Waals surface area contributed by atoms with E-state index in [4.69, 9.17) is 28.4 Å². The zero-order chi connectivity index (χ0) is 37.4. The van der Waals surface area contributed by atoms with Crippen molar-refractivity contribution in [3.05, 3.63) is 34.6 Å². The maximum absolute atomic E-state index is 14.2. The summed E-state index contributed by atoms with van der Waals surface area (Å²) in [6.45, 7) is 3.51. The third-order valence-electron chi connectivity index (χ3n) is 14.5. The van der Waals surface area contributed by atoms with Crippen LogP contribution in [0.5, 0.6) is 0 Å². The molecule has 14 heteroatoms. The zero-order valence-corrected chi connectivity index (χ0v) is 30.9. The van der Waals surface area contributed by atoms with Gasteiger partial charge in [-0.3, -0.25) is 4.79 Å². The molecule has 4 aliphatic carbocycles. The highest BCUT2D eigenvalue weighted by atomic mass is 16.8. The molecule has 14 atom stereocenters. The monoisotopic (exact) mass is 745 g/mol. The number of carbonyl (C=O) groups is 2. The van der Waals surface area contributed by atoms with Crippen LogP contribution in [0.3, 0.4) is 0 Å². The van der Waals surface area contributed by atoms with Gasteiger partial charge in [-0.2, -0.15) is 0 Å². The quantitative estimate of drug-likeness (QED) is 0.176. The lowest BCUT2D eigenvalue weighted by Crippen LogP contribution is -2.64. The van der Waals surface area contributed by atoms with Crippen molar-refractivity contribution in [2.45, 2.75) is 107 Å². The minimum atomic E-state index is -1.68. The van der Waals surface area contributed by atoms with Crippen LogP contribution >= 0.6 is 0 Å². The molecule has 8 rings (SSSR count). The predicted octanol–water partition coefficient (Wildman–Crippen LogP) is 1.29. The first-order valence-corrected chi connectivity index (χ1v) is 19.4. The van der Waals surface area contributed by atoms with E-state index in [0.29, 0.717) is 43.8 Å². The van der Waals surface area contributed by atoms with Crippen molar-refractivity contribution in [2.24, 2.45) is 40.4 Å². The Morgan fingerprint density at radius 3 is 2.57 bits per heavy atom. The summed E-state index contributed by atoms with van der Waals surface area (Å²) in [6.07, 6.45) is 1.21. The van der Waals surface area contributed by atoms with Crippen LogP contribution in [-0.4, -0.2) is 132 Å². The van der Waals surface area contributed by atoms with Crippen LogP contribution in [0.25, 0.3) is 0 Å². The molecule has 2 spiro atoms. The van der Waals surface area contributed by atoms with Crippen LogP contribution in [0, 0.1) is 40.4 Å². The number of esters is 2. The van der Waals surface area contributed by atoms with Crippen molar-refractivity contribution in [3.63, 3.8) is 0 Å². The van der Waals surface area contributed by atoms with Crippen LogP contribution in [0.4, 0.5) is 0 Å². The van der Waals surface area contributed by atoms with Crippen molar-refractivity contribution in [3.8, 4) is 0 Å². The normalized spacial score (nSPS) is 46.2. The first-order valence-electron chi connectivity index (χ1n) is 19.4. The molecule has 294 valence electrons. The maximum Gasteiger partial charge on any atom is 0.337 e. The van der Waals surface area contributed by atoms with Crippen LogP contribution in [0.1, 0.15) is 64.7 Å². The van der Waals surface area contributed by atoms with E-state index < -0.39 is 66.5 Å². The molecule has 0 amide bonds. The molecule has 5 N–H and O–H groups in total. The Labute approximate surface area is 309 Å². The molecule has 4 heterocycles. The largest absolute Gasteiger partial charge is 0.471 e. The van der Waals surface area contributed by atoms with Crippen molar-refractivity contribution in [1.82, 2.24) is 4.90 Å². The molecular weight excluding hydrogens is 690 g/mol. The number of aliphatic hydroxyl groups is 5. The summed E-state index contributed by atoms with van der Waals surface area (Å²) in [6, 6.07) is 0. The zero-order valence-electron chi connectivity index (χ0n) is 30.9. The molecule has 3 saturated heterocycles. The summed E-state index contributed by atoms with van der Waals surface area (Å²) in [5, 5.41) is 53.9. The van der Waals surface area contributed by atoms with Crippen LogP contribution in [0.15, 0.2) is 34.6 Å². The summed E-state index contributed by atoms with van der Waals surface area (Å²) < 4.78 is 35.1. The van der Waals surface area contributed by atoms with Crippen LogP contribution in [0.2, 0.25) is 0 Å². The summed E-state index contributed by atoms with van der Waals surface area (Å²) in [7, 11) is 3.43. The molecule has 4 fully saturated rings. The number of carbonyl (C=O) groups excluding carboxylic acids is 2. The van der Waals surface area contributed by atoms with E-state index in [1.165, 1.54) is 24.5 Å². The number of methoxy groups -OCH3 is 1. The number of hydrogen-bond donors (Lipinski definition) is 5. The topological polar surface area (TPSA) is 194 Å². The van der Waals surface area contributed by atoms with Crippen LogP contribution < -0.4 is 0 Å². The number of nitrogens with zero attached hydrogens (tertiary/aromatic N) is 1. The molecule has 1 saturated carbocycles. The Balaban J connectivity index is 0.990. The standard InChI is InChI=1S/C39H55NO13/c1-4-39(47)12-11-37(19-51-39)22-8-5-20-6-10-24-25(13-38(37,29(20)24)18-40(2)14-22)34(46)49-17-27-30(42)31(43)32(44)36(52-27)53-35-28-21(15-41)7-9-23(28)26(16-50-35)33(45)48-3/h7,16,22-25,27-28,30-32,35-36,41-44,47H,4-6,8-15,17-19H2,1-3H3/t22?,23-,24?,25-,27-,28-,30-,31+,32-,35+,36+,37?,38-,39+/m1/s1. The van der Waals surface area contributed by atoms with E-state index in [1.807, 2.05) is 6.92 Å². The number of piperidine rings is 1. The average Bonchev–Trinajstić information content (AvgIpc) is 3.87. The average molecular weight is 746 g/mol. The Morgan fingerprint density at radius 1 is 1.06 bits per heavy atom. The number of rotatable bonds is 8. The Hall–Kier alpha value is -2.40. The van der Waals surface area contributed by atoms with Gasteiger partial charge < -0.3 is 58.9 Å². The van der Waals surface area contributed by atoms with E-state index in [2.05, 4.69) is 11.9 Å². The van der Waals surface area contributed by atoms with Gasteiger partial charge >= 0.3 is 11.9 Å². The van der Waals surface area contributed by atoms with Gasteiger partial charge in [0.15, 0.2) is 12.1 Å². The summed E-state index contributed by atoms with van der Waals surface area (Å²) >= 11 is 0. The molecule has 14 nitrogen and oxygen atoms in total. The molecule has 0 aromatic heterocycles. The van der Waals surface area contributed by atoms with E-state index in [0.717, 1.165) is 45.2 Å². The summed E-state index contributed by atoms with van der Waals surface area (Å²) in [4.78, 5) is 29.0. The van der Waals surface area contributed by atoms with Crippen LogP contribution in [-0.2, 0) is 38.0 Å². The summed E-state index contributed by atoms with van der Waals surface area (Å²) in [5.74, 6) is -3.08. The number of hydrogen-bond acceptors (Lipinski definition) is 14. The van der Waals surface area contributed by atoms with Gasteiger partial charge in [-0.25, -0.2) is 4.79 Å². The van der Waals surface area contributed by atoms with Crippen molar-refractivity contribution in [2.75, 3.05) is 47.1 Å². The molecular formula is C39H55NO13. The molecule has 2 bridgehead atoms.